The molecule has 1 aromatic heterocycles. The first kappa shape index (κ1) is 11.8. The van der Waals surface area contributed by atoms with Crippen molar-refractivity contribution in [2.75, 3.05) is 5.73 Å². The van der Waals surface area contributed by atoms with Crippen LogP contribution in [-0.4, -0.2) is 21.9 Å². The number of rotatable bonds is 3. The van der Waals surface area contributed by atoms with Crippen molar-refractivity contribution in [1.82, 2.24) is 20.4 Å². The second-order valence-corrected chi connectivity index (χ2v) is 4.49. The highest BCUT2D eigenvalue weighted by atomic mass is 16.2. The number of carbonyl (C=O) groups excluding carboxylic acids is 1. The average Bonchev–Trinajstić information content (AvgIpc) is 2.90. The molecule has 1 heterocycles. The van der Waals surface area contributed by atoms with Crippen LogP contribution < -0.4 is 16.4 Å². The Morgan fingerprint density at radius 2 is 2.29 bits per heavy atom. The first-order chi connectivity index (χ1) is 8.16. The van der Waals surface area contributed by atoms with Crippen molar-refractivity contribution in [3.63, 3.8) is 0 Å². The average molecular weight is 237 g/mol. The van der Waals surface area contributed by atoms with Gasteiger partial charge in [-0.1, -0.05) is 12.8 Å². The number of urea groups is 1. The maximum Gasteiger partial charge on any atom is 0.315 e. The number of hydrogen-bond donors (Lipinski definition) is 3. The van der Waals surface area contributed by atoms with Crippen LogP contribution in [-0.2, 0) is 13.6 Å². The van der Waals surface area contributed by atoms with E-state index < -0.39 is 0 Å². The van der Waals surface area contributed by atoms with Crippen molar-refractivity contribution in [1.29, 1.82) is 0 Å². The van der Waals surface area contributed by atoms with Crippen molar-refractivity contribution < 1.29 is 4.79 Å². The fourth-order valence-electron chi connectivity index (χ4n) is 2.11. The molecule has 1 saturated carbocycles. The lowest BCUT2D eigenvalue weighted by Gasteiger charge is -2.12. The van der Waals surface area contributed by atoms with Gasteiger partial charge >= 0.3 is 6.03 Å². The lowest BCUT2D eigenvalue weighted by molar-refractivity contribution is 0.236. The van der Waals surface area contributed by atoms with Crippen LogP contribution in [0.3, 0.4) is 0 Å². The maximum atomic E-state index is 11.6. The molecule has 1 aromatic rings. The van der Waals surface area contributed by atoms with E-state index in [1.807, 2.05) is 0 Å². The SMILES string of the molecule is Cn1ncc(CNC(=O)NC2CCCC2)c1N. The van der Waals surface area contributed by atoms with E-state index in [0.29, 0.717) is 18.4 Å². The van der Waals surface area contributed by atoms with Gasteiger partial charge in [0.2, 0.25) is 0 Å². The fraction of sp³-hybridized carbons (Fsp3) is 0.636. The predicted molar refractivity (Wildman–Crippen MR) is 65.2 cm³/mol. The number of nitrogens with zero attached hydrogens (tertiary/aromatic N) is 2. The molecule has 0 radical (unpaired) electrons. The molecular weight excluding hydrogens is 218 g/mol. The summed E-state index contributed by atoms with van der Waals surface area (Å²) < 4.78 is 1.59. The smallest absolute Gasteiger partial charge is 0.315 e. The summed E-state index contributed by atoms with van der Waals surface area (Å²) >= 11 is 0. The Morgan fingerprint density at radius 1 is 1.59 bits per heavy atom. The lowest BCUT2D eigenvalue weighted by atomic mass is 10.2. The highest BCUT2D eigenvalue weighted by Crippen LogP contribution is 2.17. The molecule has 2 amide bonds. The van der Waals surface area contributed by atoms with E-state index >= 15 is 0 Å². The molecule has 0 aliphatic heterocycles. The molecule has 0 bridgehead atoms. The van der Waals surface area contributed by atoms with Gasteiger partial charge in [-0.2, -0.15) is 5.10 Å². The number of nitrogens with one attached hydrogen (secondary N) is 2. The minimum absolute atomic E-state index is 0.125. The zero-order valence-corrected chi connectivity index (χ0v) is 10.1. The van der Waals surface area contributed by atoms with Gasteiger partial charge in [-0.05, 0) is 12.8 Å². The van der Waals surface area contributed by atoms with Crippen LogP contribution in [0.15, 0.2) is 6.20 Å². The van der Waals surface area contributed by atoms with Gasteiger partial charge in [0.15, 0.2) is 0 Å². The molecule has 4 N–H and O–H groups in total. The number of carbonyl (C=O) groups is 1. The number of nitrogen functional groups attached to an aromatic ring is 1. The Kier molecular flexibility index (Phi) is 3.51. The first-order valence-electron chi connectivity index (χ1n) is 5.97. The van der Waals surface area contributed by atoms with Crippen LogP contribution in [0.25, 0.3) is 0 Å². The zero-order chi connectivity index (χ0) is 12.3. The zero-order valence-electron chi connectivity index (χ0n) is 10.1. The van der Waals surface area contributed by atoms with Crippen molar-refractivity contribution in [3.8, 4) is 0 Å². The van der Waals surface area contributed by atoms with Crippen molar-refractivity contribution in [2.24, 2.45) is 7.05 Å². The minimum atomic E-state index is -0.125. The van der Waals surface area contributed by atoms with Crippen molar-refractivity contribution in [3.05, 3.63) is 11.8 Å². The summed E-state index contributed by atoms with van der Waals surface area (Å²) in [4.78, 5) is 11.6. The Labute approximate surface area is 101 Å². The molecule has 0 aromatic carbocycles. The van der Waals surface area contributed by atoms with Crippen LogP contribution in [0.4, 0.5) is 10.6 Å². The molecule has 1 fully saturated rings. The van der Waals surface area contributed by atoms with Crippen LogP contribution in [0.1, 0.15) is 31.2 Å². The molecule has 17 heavy (non-hydrogen) atoms. The topological polar surface area (TPSA) is 85.0 Å². The summed E-state index contributed by atoms with van der Waals surface area (Å²) in [6.07, 6.45) is 6.26. The van der Waals surface area contributed by atoms with Gasteiger partial charge in [0, 0.05) is 25.2 Å². The highest BCUT2D eigenvalue weighted by molar-refractivity contribution is 5.74. The molecule has 1 aliphatic carbocycles. The van der Waals surface area contributed by atoms with Gasteiger partial charge in [-0.15, -0.1) is 0 Å². The predicted octanol–water partition coefficient (Wildman–Crippen LogP) is 0.744. The van der Waals surface area contributed by atoms with Gasteiger partial charge in [0.1, 0.15) is 5.82 Å². The van der Waals surface area contributed by atoms with Crippen molar-refractivity contribution >= 4 is 11.8 Å². The van der Waals surface area contributed by atoms with Crippen LogP contribution in [0.2, 0.25) is 0 Å². The molecular formula is C11H19N5O. The van der Waals surface area contributed by atoms with Gasteiger partial charge in [-0.25, -0.2) is 4.79 Å². The van der Waals surface area contributed by atoms with E-state index in [-0.39, 0.29) is 6.03 Å². The number of aromatic nitrogens is 2. The molecule has 0 unspecified atom stereocenters. The normalized spacial score (nSPS) is 16.1. The molecule has 94 valence electrons. The standard InChI is InChI=1S/C11H19N5O/c1-16-10(12)8(7-14-16)6-13-11(17)15-9-4-2-3-5-9/h7,9H,2-6,12H2,1H3,(H2,13,15,17). The summed E-state index contributed by atoms with van der Waals surface area (Å²) in [5, 5.41) is 9.77. The molecule has 0 atom stereocenters. The fourth-order valence-corrected chi connectivity index (χ4v) is 2.11. The van der Waals surface area contributed by atoms with E-state index in [1.54, 1.807) is 17.9 Å². The highest BCUT2D eigenvalue weighted by Gasteiger charge is 2.17. The summed E-state index contributed by atoms with van der Waals surface area (Å²) in [5.74, 6) is 0.589. The van der Waals surface area contributed by atoms with Crippen LogP contribution in [0.5, 0.6) is 0 Å². The van der Waals surface area contributed by atoms with Gasteiger partial charge < -0.3 is 16.4 Å². The van der Waals surface area contributed by atoms with E-state index in [1.165, 1.54) is 12.8 Å². The largest absolute Gasteiger partial charge is 0.384 e. The Morgan fingerprint density at radius 3 is 2.88 bits per heavy atom. The lowest BCUT2D eigenvalue weighted by Crippen LogP contribution is -2.40. The molecule has 1 aliphatic rings. The van der Waals surface area contributed by atoms with Crippen LogP contribution in [0, 0.1) is 0 Å². The monoisotopic (exact) mass is 237 g/mol. The summed E-state index contributed by atoms with van der Waals surface area (Å²) in [7, 11) is 1.78. The summed E-state index contributed by atoms with van der Waals surface area (Å²) in [6.45, 7) is 0.415. The van der Waals surface area contributed by atoms with Gasteiger partial charge in [0.25, 0.3) is 0 Å². The number of hydrogen-bond acceptors (Lipinski definition) is 3. The van der Waals surface area contributed by atoms with Gasteiger partial charge in [0.05, 0.1) is 6.20 Å². The minimum Gasteiger partial charge on any atom is -0.384 e. The quantitative estimate of drug-likeness (QED) is 0.725. The number of amides is 2. The first-order valence-corrected chi connectivity index (χ1v) is 5.97. The molecule has 0 saturated heterocycles. The third-order valence-corrected chi connectivity index (χ3v) is 3.19. The second-order valence-electron chi connectivity index (χ2n) is 4.49. The van der Waals surface area contributed by atoms with Gasteiger partial charge in [-0.3, -0.25) is 4.68 Å². The van der Waals surface area contributed by atoms with E-state index in [9.17, 15) is 4.79 Å². The summed E-state index contributed by atoms with van der Waals surface area (Å²) in [6, 6.07) is 0.210. The Balaban J connectivity index is 1.77. The molecule has 6 heteroatoms. The van der Waals surface area contributed by atoms with Crippen LogP contribution >= 0.6 is 0 Å². The maximum absolute atomic E-state index is 11.6. The number of nitrogens with two attached hydrogens (primary N) is 1. The Bertz CT molecular complexity index is 395. The summed E-state index contributed by atoms with van der Waals surface area (Å²) in [5.41, 5.74) is 6.62. The third kappa shape index (κ3) is 2.89. The second kappa shape index (κ2) is 5.07. The van der Waals surface area contributed by atoms with Crippen molar-refractivity contribution in [2.45, 2.75) is 38.3 Å². The Hall–Kier alpha value is -1.72. The third-order valence-electron chi connectivity index (χ3n) is 3.19. The van der Waals surface area contributed by atoms with E-state index in [2.05, 4.69) is 15.7 Å². The number of anilines is 1. The molecule has 0 spiro atoms. The molecule has 2 rings (SSSR count). The number of aryl methyl sites for hydroxylation is 1. The van der Waals surface area contributed by atoms with E-state index in [0.717, 1.165) is 18.4 Å². The van der Waals surface area contributed by atoms with E-state index in [4.69, 9.17) is 5.73 Å². The molecule has 6 nitrogen and oxygen atoms in total.